The van der Waals surface area contributed by atoms with Crippen molar-refractivity contribution < 1.29 is 28.5 Å². The molecule has 0 saturated heterocycles. The molecule has 8 heteroatoms. The molecule has 0 aliphatic heterocycles. The van der Waals surface area contributed by atoms with Crippen molar-refractivity contribution in [3.05, 3.63) is 83.4 Å². The van der Waals surface area contributed by atoms with Crippen LogP contribution >= 0.6 is 0 Å². The number of ether oxygens (including phenoxy) is 4. The molecule has 1 N–H and O–H groups in total. The molecule has 0 unspecified atom stereocenters. The molecule has 0 aliphatic rings. The van der Waals surface area contributed by atoms with Gasteiger partial charge in [-0.2, -0.15) is 5.10 Å². The minimum Gasteiger partial charge on any atom is -0.497 e. The highest BCUT2D eigenvalue weighted by atomic mass is 16.6. The number of amides is 1. The second-order valence-corrected chi connectivity index (χ2v) is 6.93. The number of carbonyl (C=O) groups is 2. The maximum absolute atomic E-state index is 12.4. The molecule has 3 aromatic rings. The maximum atomic E-state index is 12.4. The Morgan fingerprint density at radius 3 is 2.39 bits per heavy atom. The van der Waals surface area contributed by atoms with Crippen molar-refractivity contribution in [3.8, 4) is 23.0 Å². The minimum atomic E-state index is -0.529. The number of methoxy groups -OCH3 is 2. The monoisotopic (exact) mass is 448 g/mol. The summed E-state index contributed by atoms with van der Waals surface area (Å²) in [6, 6.07) is 18.9. The zero-order valence-corrected chi connectivity index (χ0v) is 18.5. The molecule has 0 spiro atoms. The number of aryl methyl sites for hydroxylation is 1. The van der Waals surface area contributed by atoms with Gasteiger partial charge in [0.05, 0.1) is 26.0 Å². The summed E-state index contributed by atoms with van der Waals surface area (Å²) < 4.78 is 21.3. The summed E-state index contributed by atoms with van der Waals surface area (Å²) in [5, 5.41) is 3.92. The van der Waals surface area contributed by atoms with E-state index < -0.39 is 11.9 Å². The predicted octanol–water partition coefficient (Wildman–Crippen LogP) is 3.76. The SMILES string of the molecule is COc1ccc(C(=O)Oc2ccc(/C=N\NC(=O)COc3cccc(C)c3)cc2OC)cc1. The second-order valence-electron chi connectivity index (χ2n) is 6.93. The van der Waals surface area contributed by atoms with Gasteiger partial charge in [-0.1, -0.05) is 12.1 Å². The highest BCUT2D eigenvalue weighted by Crippen LogP contribution is 2.28. The molecule has 0 saturated carbocycles. The number of esters is 1. The number of hydrogen-bond acceptors (Lipinski definition) is 7. The Hall–Kier alpha value is -4.33. The van der Waals surface area contributed by atoms with Crippen LogP contribution in [0.1, 0.15) is 21.5 Å². The third-order valence-corrected chi connectivity index (χ3v) is 4.48. The van der Waals surface area contributed by atoms with Gasteiger partial charge in [0, 0.05) is 0 Å². The lowest BCUT2D eigenvalue weighted by molar-refractivity contribution is -0.123. The predicted molar refractivity (Wildman–Crippen MR) is 123 cm³/mol. The van der Waals surface area contributed by atoms with E-state index in [0.29, 0.717) is 28.4 Å². The first kappa shape index (κ1) is 23.3. The van der Waals surface area contributed by atoms with Crippen molar-refractivity contribution in [3.63, 3.8) is 0 Å². The van der Waals surface area contributed by atoms with Crippen LogP contribution in [0.2, 0.25) is 0 Å². The summed E-state index contributed by atoms with van der Waals surface area (Å²) in [4.78, 5) is 24.3. The smallest absolute Gasteiger partial charge is 0.343 e. The van der Waals surface area contributed by atoms with E-state index in [1.165, 1.54) is 13.3 Å². The highest BCUT2D eigenvalue weighted by molar-refractivity contribution is 5.92. The number of hydrazone groups is 1. The van der Waals surface area contributed by atoms with Crippen molar-refractivity contribution in [2.75, 3.05) is 20.8 Å². The molecule has 0 heterocycles. The number of rotatable bonds is 9. The molecule has 3 aromatic carbocycles. The van der Waals surface area contributed by atoms with Crippen molar-refractivity contribution >= 4 is 18.1 Å². The van der Waals surface area contributed by atoms with Crippen LogP contribution < -0.4 is 24.4 Å². The molecule has 0 fully saturated rings. The first-order valence-electron chi connectivity index (χ1n) is 10.0. The number of carbonyl (C=O) groups excluding carboxylic acids is 2. The van der Waals surface area contributed by atoms with E-state index in [4.69, 9.17) is 18.9 Å². The summed E-state index contributed by atoms with van der Waals surface area (Å²) in [5.41, 5.74) is 4.45. The van der Waals surface area contributed by atoms with Gasteiger partial charge in [-0.15, -0.1) is 0 Å². The van der Waals surface area contributed by atoms with Crippen LogP contribution in [0.15, 0.2) is 71.8 Å². The van der Waals surface area contributed by atoms with Gasteiger partial charge in [-0.25, -0.2) is 10.2 Å². The third-order valence-electron chi connectivity index (χ3n) is 4.48. The van der Waals surface area contributed by atoms with E-state index in [1.807, 2.05) is 25.1 Å². The van der Waals surface area contributed by atoms with Crippen LogP contribution in [0.3, 0.4) is 0 Å². The topological polar surface area (TPSA) is 95.5 Å². The molecule has 33 heavy (non-hydrogen) atoms. The van der Waals surface area contributed by atoms with Gasteiger partial charge < -0.3 is 18.9 Å². The lowest BCUT2D eigenvalue weighted by atomic mass is 10.2. The molecule has 0 aromatic heterocycles. The maximum Gasteiger partial charge on any atom is 0.343 e. The standard InChI is InChI=1S/C25H24N2O6/c1-17-5-4-6-21(13-17)32-16-24(28)27-26-15-18-7-12-22(23(14-18)31-3)33-25(29)19-8-10-20(30-2)11-9-19/h4-15H,16H2,1-3H3,(H,27,28)/b26-15-. The fourth-order valence-electron chi connectivity index (χ4n) is 2.80. The molecule has 170 valence electrons. The van der Waals surface area contributed by atoms with Crippen molar-refractivity contribution in [2.24, 2.45) is 5.10 Å². The molecule has 1 amide bonds. The quantitative estimate of drug-likeness (QED) is 0.232. The van der Waals surface area contributed by atoms with E-state index in [0.717, 1.165) is 5.56 Å². The first-order valence-corrected chi connectivity index (χ1v) is 10.0. The molecule has 0 atom stereocenters. The average Bonchev–Trinajstić information content (AvgIpc) is 2.83. The third kappa shape index (κ3) is 6.83. The Labute approximate surface area is 191 Å². The van der Waals surface area contributed by atoms with Crippen LogP contribution in [-0.2, 0) is 4.79 Å². The molecule has 0 aliphatic carbocycles. The van der Waals surface area contributed by atoms with Gasteiger partial charge in [-0.3, -0.25) is 4.79 Å². The highest BCUT2D eigenvalue weighted by Gasteiger charge is 2.13. The van der Waals surface area contributed by atoms with Gasteiger partial charge in [0.1, 0.15) is 11.5 Å². The Bertz CT molecular complexity index is 1140. The Balaban J connectivity index is 1.56. The van der Waals surface area contributed by atoms with Gasteiger partial charge in [0.25, 0.3) is 5.91 Å². The summed E-state index contributed by atoms with van der Waals surface area (Å²) in [7, 11) is 3.01. The number of benzene rings is 3. The second kappa shape index (κ2) is 11.3. The van der Waals surface area contributed by atoms with Crippen LogP contribution in [0.4, 0.5) is 0 Å². The molecule has 8 nitrogen and oxygen atoms in total. The summed E-state index contributed by atoms with van der Waals surface area (Å²) in [6.45, 7) is 1.78. The van der Waals surface area contributed by atoms with Crippen LogP contribution in [0.5, 0.6) is 23.0 Å². The molecule has 3 rings (SSSR count). The lowest BCUT2D eigenvalue weighted by Crippen LogP contribution is -2.24. The van der Waals surface area contributed by atoms with E-state index in [-0.39, 0.29) is 12.4 Å². The average molecular weight is 448 g/mol. The fraction of sp³-hybridized carbons (Fsp3) is 0.160. The zero-order valence-electron chi connectivity index (χ0n) is 18.5. The zero-order chi connectivity index (χ0) is 23.6. The lowest BCUT2D eigenvalue weighted by Gasteiger charge is -2.10. The Morgan fingerprint density at radius 1 is 0.909 bits per heavy atom. The van der Waals surface area contributed by atoms with Crippen LogP contribution in [0, 0.1) is 6.92 Å². The number of hydrogen-bond donors (Lipinski definition) is 1. The van der Waals surface area contributed by atoms with Crippen molar-refractivity contribution in [2.45, 2.75) is 6.92 Å². The molecular weight excluding hydrogens is 424 g/mol. The van der Waals surface area contributed by atoms with E-state index in [2.05, 4.69) is 10.5 Å². The largest absolute Gasteiger partial charge is 0.497 e. The number of nitrogens with one attached hydrogen (secondary N) is 1. The van der Waals surface area contributed by atoms with Crippen LogP contribution in [-0.4, -0.2) is 38.9 Å². The normalized spacial score (nSPS) is 10.5. The summed E-state index contributed by atoms with van der Waals surface area (Å²) in [5.74, 6) is 0.921. The molecular formula is C25H24N2O6. The van der Waals surface area contributed by atoms with Gasteiger partial charge in [0.15, 0.2) is 18.1 Å². The minimum absolute atomic E-state index is 0.162. The van der Waals surface area contributed by atoms with Gasteiger partial charge in [0.2, 0.25) is 0 Å². The Morgan fingerprint density at radius 2 is 1.70 bits per heavy atom. The summed E-state index contributed by atoms with van der Waals surface area (Å²) >= 11 is 0. The van der Waals surface area contributed by atoms with Crippen molar-refractivity contribution in [1.82, 2.24) is 5.43 Å². The first-order chi connectivity index (χ1) is 16.0. The fourth-order valence-corrected chi connectivity index (χ4v) is 2.80. The number of nitrogens with zero attached hydrogens (tertiary/aromatic N) is 1. The van der Waals surface area contributed by atoms with E-state index in [9.17, 15) is 9.59 Å². The van der Waals surface area contributed by atoms with Crippen LogP contribution in [0.25, 0.3) is 0 Å². The molecule has 0 bridgehead atoms. The van der Waals surface area contributed by atoms with Crippen molar-refractivity contribution in [1.29, 1.82) is 0 Å². The summed E-state index contributed by atoms with van der Waals surface area (Å²) in [6.07, 6.45) is 1.45. The van der Waals surface area contributed by atoms with Gasteiger partial charge >= 0.3 is 5.97 Å². The van der Waals surface area contributed by atoms with Gasteiger partial charge in [-0.05, 0) is 72.6 Å². The molecule has 0 radical (unpaired) electrons. The Kier molecular flexibility index (Phi) is 8.02. The van der Waals surface area contributed by atoms with E-state index >= 15 is 0 Å². The van der Waals surface area contributed by atoms with E-state index in [1.54, 1.807) is 55.6 Å².